The number of carbonyl (C=O) groups excluding carboxylic acids is 2. The summed E-state index contributed by atoms with van der Waals surface area (Å²) in [6, 6.07) is 14.1. The largest absolute Gasteiger partial charge is 0.390 e. The highest BCUT2D eigenvalue weighted by Gasteiger charge is 2.51. The van der Waals surface area contributed by atoms with Gasteiger partial charge in [-0.1, -0.05) is 42.5 Å². The molecule has 0 aliphatic carbocycles. The minimum Gasteiger partial charge on any atom is -0.390 e. The summed E-state index contributed by atoms with van der Waals surface area (Å²) >= 11 is 0. The normalized spacial score (nSPS) is 20.9. The van der Waals surface area contributed by atoms with Crippen LogP contribution in [-0.4, -0.2) is 69.6 Å². The number of rotatable bonds is 6. The number of nitrogens with zero attached hydrogens (tertiary/aromatic N) is 3. The Morgan fingerprint density at radius 2 is 1.76 bits per heavy atom. The van der Waals surface area contributed by atoms with E-state index in [1.54, 1.807) is 13.8 Å². The number of carbonyl (C=O) groups is 2. The number of β-amino-alcohol motifs (C(OH)–C–C–N with tert-alkyl or cyclic N) is 1. The molecule has 3 aliphatic heterocycles. The molecule has 0 spiro atoms. The van der Waals surface area contributed by atoms with Crippen LogP contribution in [0.2, 0.25) is 0 Å². The number of hydrogen-bond donors (Lipinski definition) is 1. The molecule has 0 radical (unpaired) electrons. The molecule has 1 unspecified atom stereocenters. The van der Waals surface area contributed by atoms with Crippen molar-refractivity contribution in [2.24, 2.45) is 0 Å². The second-order valence-electron chi connectivity index (χ2n) is 10.2. The number of ether oxygens (including phenoxy) is 1. The second-order valence-corrected chi connectivity index (χ2v) is 10.2. The van der Waals surface area contributed by atoms with E-state index in [2.05, 4.69) is 29.2 Å². The molecule has 7 nitrogen and oxygen atoms in total. The molecule has 7 heteroatoms. The highest BCUT2D eigenvalue weighted by Crippen LogP contribution is 2.30. The minimum absolute atomic E-state index is 0.129. The lowest BCUT2D eigenvalue weighted by Crippen LogP contribution is -2.50. The van der Waals surface area contributed by atoms with Gasteiger partial charge in [0.15, 0.2) is 0 Å². The van der Waals surface area contributed by atoms with Gasteiger partial charge >= 0.3 is 6.03 Å². The van der Waals surface area contributed by atoms with Crippen LogP contribution < -0.4 is 0 Å². The molecule has 1 N–H and O–H groups in total. The van der Waals surface area contributed by atoms with Crippen LogP contribution >= 0.6 is 0 Å². The van der Waals surface area contributed by atoms with Crippen molar-refractivity contribution in [3.63, 3.8) is 0 Å². The summed E-state index contributed by atoms with van der Waals surface area (Å²) in [5.41, 5.74) is 4.95. The Bertz CT molecular complexity index is 1100. The highest BCUT2D eigenvalue weighted by molar-refractivity contribution is 6.06. The number of aliphatic hydroxyl groups is 1. The molecule has 1 fully saturated rings. The van der Waals surface area contributed by atoms with E-state index in [9.17, 15) is 14.7 Å². The van der Waals surface area contributed by atoms with Gasteiger partial charge in [0, 0.05) is 19.6 Å². The molecule has 3 aliphatic rings. The van der Waals surface area contributed by atoms with E-state index in [0.29, 0.717) is 13.2 Å². The van der Waals surface area contributed by atoms with E-state index in [-0.39, 0.29) is 25.0 Å². The summed E-state index contributed by atoms with van der Waals surface area (Å²) in [6.07, 6.45) is 1.11. The van der Waals surface area contributed by atoms with E-state index < -0.39 is 11.6 Å². The molecule has 1 saturated heterocycles. The lowest BCUT2D eigenvalue weighted by molar-refractivity contribution is -0.132. The third-order valence-electron chi connectivity index (χ3n) is 7.36. The maximum atomic E-state index is 13.3. The Balaban J connectivity index is 1.24. The first-order chi connectivity index (χ1) is 16.3. The number of aliphatic hydroxyl groups excluding tert-OH is 1. The average molecular weight is 464 g/mol. The van der Waals surface area contributed by atoms with Gasteiger partial charge in [-0.05, 0) is 54.5 Å². The van der Waals surface area contributed by atoms with Crippen LogP contribution in [0.25, 0.3) is 0 Å². The molecule has 180 valence electrons. The van der Waals surface area contributed by atoms with Gasteiger partial charge in [0.1, 0.15) is 5.54 Å². The van der Waals surface area contributed by atoms with Gasteiger partial charge in [0.25, 0.3) is 5.91 Å². The van der Waals surface area contributed by atoms with Crippen LogP contribution in [0.4, 0.5) is 4.79 Å². The minimum atomic E-state index is -0.996. The Kier molecular flexibility index (Phi) is 6.18. The average Bonchev–Trinajstić information content (AvgIpc) is 2.99. The van der Waals surface area contributed by atoms with E-state index in [1.165, 1.54) is 26.5 Å². The first kappa shape index (κ1) is 23.0. The molecule has 0 aromatic heterocycles. The molecule has 2 aromatic carbocycles. The molecule has 1 atom stereocenters. The van der Waals surface area contributed by atoms with Gasteiger partial charge < -0.3 is 14.7 Å². The van der Waals surface area contributed by atoms with Crippen molar-refractivity contribution in [3.8, 4) is 0 Å². The van der Waals surface area contributed by atoms with Gasteiger partial charge in [-0.2, -0.15) is 0 Å². The van der Waals surface area contributed by atoms with Crippen LogP contribution in [0.3, 0.4) is 0 Å². The summed E-state index contributed by atoms with van der Waals surface area (Å²) in [4.78, 5) is 31.6. The monoisotopic (exact) mass is 463 g/mol. The fraction of sp³-hybridized carbons (Fsp3) is 0.481. The van der Waals surface area contributed by atoms with Crippen molar-refractivity contribution in [1.29, 1.82) is 0 Å². The summed E-state index contributed by atoms with van der Waals surface area (Å²) in [5.74, 6) is -0.231. The molecule has 3 amide bonds. The number of fused-ring (bicyclic) bond motifs is 2. The first-order valence-corrected chi connectivity index (χ1v) is 12.1. The smallest absolute Gasteiger partial charge is 0.328 e. The fourth-order valence-electron chi connectivity index (χ4n) is 5.34. The summed E-state index contributed by atoms with van der Waals surface area (Å²) in [6.45, 7) is 7.30. The number of hydrogen-bond acceptors (Lipinski definition) is 5. The Morgan fingerprint density at radius 1 is 1.00 bits per heavy atom. The van der Waals surface area contributed by atoms with Crippen molar-refractivity contribution in [2.45, 2.75) is 58.0 Å². The lowest BCUT2D eigenvalue weighted by atomic mass is 9.99. The van der Waals surface area contributed by atoms with Crippen molar-refractivity contribution in [2.75, 3.05) is 26.2 Å². The van der Waals surface area contributed by atoms with E-state index in [4.69, 9.17) is 4.74 Å². The Labute approximate surface area is 200 Å². The summed E-state index contributed by atoms with van der Waals surface area (Å²) in [5, 5.41) is 10.9. The van der Waals surface area contributed by atoms with Gasteiger partial charge in [-0.3, -0.25) is 14.6 Å². The van der Waals surface area contributed by atoms with E-state index >= 15 is 0 Å². The molecular weight excluding hydrogens is 430 g/mol. The van der Waals surface area contributed by atoms with Crippen LogP contribution in [0.5, 0.6) is 0 Å². The first-order valence-electron chi connectivity index (χ1n) is 12.1. The maximum Gasteiger partial charge on any atom is 0.328 e. The molecule has 0 saturated carbocycles. The SMILES string of the molecule is CC1(C)C(=O)N(Cc2ccc3c(c2)COCC3)C(=O)N1CC(O)CN1CCc2ccccc2C1. The maximum absolute atomic E-state index is 13.3. The Hall–Kier alpha value is -2.74. The zero-order valence-corrected chi connectivity index (χ0v) is 20.0. The van der Waals surface area contributed by atoms with Gasteiger partial charge in [0.2, 0.25) is 0 Å². The molecule has 2 aromatic rings. The molecule has 3 heterocycles. The fourth-order valence-corrected chi connectivity index (χ4v) is 5.34. The number of amides is 3. The topological polar surface area (TPSA) is 73.3 Å². The molecule has 34 heavy (non-hydrogen) atoms. The van der Waals surface area contributed by atoms with E-state index in [0.717, 1.165) is 43.7 Å². The number of imide groups is 1. The lowest BCUT2D eigenvalue weighted by Gasteiger charge is -2.33. The van der Waals surface area contributed by atoms with Crippen LogP contribution in [-0.2, 0) is 42.1 Å². The predicted octanol–water partition coefficient (Wildman–Crippen LogP) is 2.72. The Morgan fingerprint density at radius 3 is 2.59 bits per heavy atom. The molecule has 5 rings (SSSR count). The number of benzene rings is 2. The van der Waals surface area contributed by atoms with E-state index in [1.807, 2.05) is 18.2 Å². The third-order valence-corrected chi connectivity index (χ3v) is 7.36. The summed E-state index contributed by atoms with van der Waals surface area (Å²) in [7, 11) is 0. The van der Waals surface area contributed by atoms with Gasteiger partial charge in [-0.15, -0.1) is 0 Å². The molecular formula is C27H33N3O4. The van der Waals surface area contributed by atoms with Crippen molar-refractivity contribution in [3.05, 3.63) is 70.3 Å². The van der Waals surface area contributed by atoms with Crippen molar-refractivity contribution in [1.82, 2.24) is 14.7 Å². The van der Waals surface area contributed by atoms with Crippen molar-refractivity contribution < 1.29 is 19.4 Å². The summed E-state index contributed by atoms with van der Waals surface area (Å²) < 4.78 is 5.55. The zero-order chi connectivity index (χ0) is 23.9. The second kappa shape index (κ2) is 9.13. The van der Waals surface area contributed by atoms with Crippen LogP contribution in [0.1, 0.15) is 41.7 Å². The predicted molar refractivity (Wildman–Crippen MR) is 128 cm³/mol. The van der Waals surface area contributed by atoms with Gasteiger partial charge in [-0.25, -0.2) is 4.79 Å². The van der Waals surface area contributed by atoms with Crippen LogP contribution in [0.15, 0.2) is 42.5 Å². The third kappa shape index (κ3) is 4.35. The van der Waals surface area contributed by atoms with Crippen LogP contribution in [0, 0.1) is 0 Å². The van der Waals surface area contributed by atoms with Gasteiger partial charge in [0.05, 0.1) is 32.4 Å². The standard InChI is InChI=1S/C27H33N3O4/c1-27(2)25(32)29(14-19-7-8-21-10-12-34-18-23(21)13-19)26(33)30(27)17-24(31)16-28-11-9-20-5-3-4-6-22(20)15-28/h3-8,13,24,31H,9-12,14-18H2,1-2H3. The molecule has 0 bridgehead atoms. The number of urea groups is 1. The van der Waals surface area contributed by atoms with Crippen molar-refractivity contribution >= 4 is 11.9 Å². The quantitative estimate of drug-likeness (QED) is 0.667. The zero-order valence-electron chi connectivity index (χ0n) is 20.0. The highest BCUT2D eigenvalue weighted by atomic mass is 16.5.